The standard InChI is InChI=1S/C18H30F3N5O2S/c1-5-22-16(23-8-7-15-26-14(11-29-15)18(19,20)21)24-10-13(9-12(3)4)25-17(27)28-6-2/h11-13H,5-10H2,1-4H3,(H,25,27)(H2,22,23,24). The molecule has 3 N–H and O–H groups in total. The minimum absolute atomic E-state index is 0.183. The van der Waals surface area contributed by atoms with Crippen LogP contribution in [0.3, 0.4) is 0 Å². The Hall–Kier alpha value is -2.04. The van der Waals surface area contributed by atoms with Crippen molar-refractivity contribution in [3.63, 3.8) is 0 Å². The van der Waals surface area contributed by atoms with Crippen LogP contribution in [0.25, 0.3) is 0 Å². The lowest BCUT2D eigenvalue weighted by molar-refractivity contribution is -0.140. The number of halogens is 3. The van der Waals surface area contributed by atoms with Crippen LogP contribution in [0.5, 0.6) is 0 Å². The zero-order chi connectivity index (χ0) is 21.9. The molecule has 1 aromatic rings. The number of aromatic nitrogens is 1. The van der Waals surface area contributed by atoms with Crippen molar-refractivity contribution in [1.29, 1.82) is 0 Å². The normalized spacial score (nSPS) is 13.3. The molecule has 166 valence electrons. The molecule has 0 aromatic carbocycles. The Bertz CT molecular complexity index is 650. The molecule has 1 rings (SSSR count). The molecule has 1 amide bonds. The summed E-state index contributed by atoms with van der Waals surface area (Å²) >= 11 is 0.985. The highest BCUT2D eigenvalue weighted by molar-refractivity contribution is 7.09. The third-order valence-corrected chi connectivity index (χ3v) is 4.55. The Morgan fingerprint density at radius 1 is 1.31 bits per heavy atom. The Labute approximate surface area is 173 Å². The topological polar surface area (TPSA) is 87.6 Å². The van der Waals surface area contributed by atoms with E-state index < -0.39 is 18.0 Å². The van der Waals surface area contributed by atoms with Gasteiger partial charge in [-0.2, -0.15) is 13.2 Å². The van der Waals surface area contributed by atoms with Crippen LogP contribution in [-0.4, -0.2) is 49.3 Å². The summed E-state index contributed by atoms with van der Waals surface area (Å²) in [5.41, 5.74) is -0.861. The van der Waals surface area contributed by atoms with Gasteiger partial charge in [0.15, 0.2) is 11.7 Å². The number of rotatable bonds is 10. The van der Waals surface area contributed by atoms with E-state index in [0.717, 1.165) is 23.1 Å². The van der Waals surface area contributed by atoms with Crippen LogP contribution in [0.15, 0.2) is 10.4 Å². The van der Waals surface area contributed by atoms with Gasteiger partial charge in [-0.25, -0.2) is 9.78 Å². The minimum Gasteiger partial charge on any atom is -0.450 e. The summed E-state index contributed by atoms with van der Waals surface area (Å²) in [6.45, 7) is 9.41. The number of guanidine groups is 1. The number of nitrogens with zero attached hydrogens (tertiary/aromatic N) is 2. The summed E-state index contributed by atoms with van der Waals surface area (Å²) in [5, 5.41) is 10.4. The van der Waals surface area contributed by atoms with E-state index in [1.165, 1.54) is 0 Å². The van der Waals surface area contributed by atoms with Crippen LogP contribution < -0.4 is 16.0 Å². The van der Waals surface area contributed by atoms with Crippen LogP contribution in [-0.2, 0) is 17.3 Å². The van der Waals surface area contributed by atoms with E-state index in [-0.39, 0.29) is 6.04 Å². The SMILES string of the molecule is CCNC(=NCC(CC(C)C)NC(=O)OCC)NCCc1nc(C(F)(F)F)cs1. The second kappa shape index (κ2) is 12.5. The maximum absolute atomic E-state index is 12.6. The van der Waals surface area contributed by atoms with Gasteiger partial charge in [-0.1, -0.05) is 13.8 Å². The molecule has 0 aliphatic rings. The van der Waals surface area contributed by atoms with E-state index in [2.05, 4.69) is 39.8 Å². The van der Waals surface area contributed by atoms with Crippen molar-refractivity contribution in [3.05, 3.63) is 16.1 Å². The third kappa shape index (κ3) is 10.3. The maximum atomic E-state index is 12.6. The van der Waals surface area contributed by atoms with Gasteiger partial charge in [0.05, 0.1) is 24.2 Å². The predicted octanol–water partition coefficient (Wildman–Crippen LogP) is 3.42. The van der Waals surface area contributed by atoms with Gasteiger partial charge in [-0.3, -0.25) is 4.99 Å². The Morgan fingerprint density at radius 3 is 2.59 bits per heavy atom. The average molecular weight is 438 g/mol. The molecular weight excluding hydrogens is 407 g/mol. The molecule has 0 spiro atoms. The molecule has 1 atom stereocenters. The van der Waals surface area contributed by atoms with Gasteiger partial charge >= 0.3 is 12.3 Å². The monoisotopic (exact) mass is 437 g/mol. The van der Waals surface area contributed by atoms with Crippen molar-refractivity contribution in [3.8, 4) is 0 Å². The molecule has 7 nitrogen and oxygen atoms in total. The number of carbonyl (C=O) groups excluding carboxylic acids is 1. The zero-order valence-electron chi connectivity index (χ0n) is 17.2. The number of alkyl carbamates (subject to hydrolysis) is 1. The number of hydrogen-bond acceptors (Lipinski definition) is 5. The Morgan fingerprint density at radius 2 is 2.03 bits per heavy atom. The fourth-order valence-corrected chi connectivity index (χ4v) is 3.28. The zero-order valence-corrected chi connectivity index (χ0v) is 18.0. The first-order valence-electron chi connectivity index (χ1n) is 9.62. The van der Waals surface area contributed by atoms with Crippen LogP contribution in [0.4, 0.5) is 18.0 Å². The number of hydrogen-bond donors (Lipinski definition) is 3. The van der Waals surface area contributed by atoms with Crippen LogP contribution >= 0.6 is 11.3 Å². The van der Waals surface area contributed by atoms with Crippen molar-refractivity contribution in [2.45, 2.75) is 52.8 Å². The lowest BCUT2D eigenvalue weighted by Gasteiger charge is -2.19. The average Bonchev–Trinajstić information content (AvgIpc) is 3.08. The van der Waals surface area contributed by atoms with Crippen molar-refractivity contribution < 1.29 is 22.7 Å². The Balaban J connectivity index is 2.62. The van der Waals surface area contributed by atoms with Crippen molar-refractivity contribution >= 4 is 23.4 Å². The largest absolute Gasteiger partial charge is 0.450 e. The highest BCUT2D eigenvalue weighted by Gasteiger charge is 2.33. The smallest absolute Gasteiger partial charge is 0.434 e. The van der Waals surface area contributed by atoms with Crippen molar-refractivity contribution in [1.82, 2.24) is 20.9 Å². The number of amides is 1. The first kappa shape index (κ1) is 25.0. The van der Waals surface area contributed by atoms with Gasteiger partial charge in [0.2, 0.25) is 0 Å². The summed E-state index contributed by atoms with van der Waals surface area (Å²) in [5.74, 6) is 0.889. The quantitative estimate of drug-likeness (QED) is 0.386. The van der Waals surface area contributed by atoms with E-state index in [0.29, 0.717) is 49.5 Å². The van der Waals surface area contributed by atoms with Gasteiger partial charge < -0.3 is 20.7 Å². The summed E-state index contributed by atoms with van der Waals surface area (Å²) < 4.78 is 42.8. The van der Waals surface area contributed by atoms with Crippen LogP contribution in [0.1, 0.15) is 44.8 Å². The first-order valence-corrected chi connectivity index (χ1v) is 10.5. The summed E-state index contributed by atoms with van der Waals surface area (Å²) in [4.78, 5) is 19.8. The molecule has 1 unspecified atom stereocenters. The highest BCUT2D eigenvalue weighted by Crippen LogP contribution is 2.29. The first-order chi connectivity index (χ1) is 13.7. The van der Waals surface area contributed by atoms with Crippen LogP contribution in [0, 0.1) is 5.92 Å². The molecule has 1 aromatic heterocycles. The summed E-state index contributed by atoms with van der Waals surface area (Å²) in [6.07, 6.45) is -3.81. The van der Waals surface area contributed by atoms with Gasteiger partial charge in [-0.15, -0.1) is 11.3 Å². The van der Waals surface area contributed by atoms with Gasteiger partial charge in [0, 0.05) is 24.9 Å². The molecule has 0 radical (unpaired) electrons. The molecule has 0 saturated heterocycles. The lowest BCUT2D eigenvalue weighted by atomic mass is 10.0. The second-order valence-electron chi connectivity index (χ2n) is 6.71. The molecule has 1 heterocycles. The van der Waals surface area contributed by atoms with Gasteiger partial charge in [-0.05, 0) is 26.2 Å². The van der Waals surface area contributed by atoms with Gasteiger partial charge in [0.1, 0.15) is 0 Å². The van der Waals surface area contributed by atoms with E-state index in [9.17, 15) is 18.0 Å². The number of ether oxygens (including phenoxy) is 1. The lowest BCUT2D eigenvalue weighted by Crippen LogP contribution is -2.42. The molecule has 0 saturated carbocycles. The van der Waals surface area contributed by atoms with Gasteiger partial charge in [0.25, 0.3) is 0 Å². The van der Waals surface area contributed by atoms with E-state index >= 15 is 0 Å². The highest BCUT2D eigenvalue weighted by atomic mass is 32.1. The molecule has 0 fully saturated rings. The molecule has 0 aliphatic heterocycles. The number of alkyl halides is 3. The molecule has 29 heavy (non-hydrogen) atoms. The van der Waals surface area contributed by atoms with Crippen LogP contribution in [0.2, 0.25) is 0 Å². The molecule has 11 heteroatoms. The maximum Gasteiger partial charge on any atom is 0.434 e. The fraction of sp³-hybridized carbons (Fsp3) is 0.722. The third-order valence-electron chi connectivity index (χ3n) is 3.64. The summed E-state index contributed by atoms with van der Waals surface area (Å²) in [6, 6.07) is -0.183. The number of carbonyl (C=O) groups is 1. The molecule has 0 bridgehead atoms. The predicted molar refractivity (Wildman–Crippen MR) is 108 cm³/mol. The minimum atomic E-state index is -4.42. The van der Waals surface area contributed by atoms with Crippen molar-refractivity contribution in [2.75, 3.05) is 26.2 Å². The molecule has 0 aliphatic carbocycles. The fourth-order valence-electron chi connectivity index (χ4n) is 2.47. The number of nitrogens with one attached hydrogen (secondary N) is 3. The second-order valence-corrected chi connectivity index (χ2v) is 7.65. The number of aliphatic imine (C=N–C) groups is 1. The van der Waals surface area contributed by atoms with E-state index in [1.54, 1.807) is 6.92 Å². The number of thiazole rings is 1. The van der Waals surface area contributed by atoms with E-state index in [4.69, 9.17) is 4.74 Å². The molecular formula is C18H30F3N5O2S. The summed E-state index contributed by atoms with van der Waals surface area (Å²) in [7, 11) is 0. The Kier molecular flexibility index (Phi) is 10.8. The van der Waals surface area contributed by atoms with Crippen molar-refractivity contribution in [2.24, 2.45) is 10.9 Å². The van der Waals surface area contributed by atoms with E-state index in [1.807, 2.05) is 6.92 Å².